The van der Waals surface area contributed by atoms with E-state index in [4.69, 9.17) is 18.9 Å². The van der Waals surface area contributed by atoms with Crippen LogP contribution in [0.5, 0.6) is 0 Å². The van der Waals surface area contributed by atoms with E-state index in [9.17, 15) is 19.5 Å². The number of rotatable bonds is 7. The highest BCUT2D eigenvalue weighted by atomic mass is 19.1. The number of hydrogen-bond acceptors (Lipinski definition) is 8. The molecule has 1 heterocycles. The SMILES string of the molecule is O=C(OC[C@H]1O[C@H](O)[C@H](OC(=O)c2ccccc2)C(OC(=O)c2ccccc2)[C@@H]1F)c1ccccc1. The Bertz CT molecular complexity index is 1170. The fourth-order valence-electron chi connectivity index (χ4n) is 3.62. The number of halogens is 1. The van der Waals surface area contributed by atoms with Gasteiger partial charge in [0.25, 0.3) is 0 Å². The fraction of sp³-hybridized carbons (Fsp3) is 0.222. The third-order valence-corrected chi connectivity index (χ3v) is 5.48. The molecule has 0 radical (unpaired) electrons. The van der Waals surface area contributed by atoms with Gasteiger partial charge in [-0.15, -0.1) is 0 Å². The van der Waals surface area contributed by atoms with E-state index in [2.05, 4.69) is 0 Å². The fourth-order valence-corrected chi connectivity index (χ4v) is 3.62. The smallest absolute Gasteiger partial charge is 0.338 e. The van der Waals surface area contributed by atoms with Crippen molar-refractivity contribution in [1.82, 2.24) is 0 Å². The first-order valence-electron chi connectivity index (χ1n) is 11.2. The summed E-state index contributed by atoms with van der Waals surface area (Å²) in [5.41, 5.74) is 0.518. The molecule has 0 saturated carbocycles. The minimum absolute atomic E-state index is 0.130. The van der Waals surface area contributed by atoms with Crippen molar-refractivity contribution in [1.29, 1.82) is 0 Å². The van der Waals surface area contributed by atoms with Gasteiger partial charge in [0.1, 0.15) is 12.7 Å². The lowest BCUT2D eigenvalue weighted by atomic mass is 9.99. The summed E-state index contributed by atoms with van der Waals surface area (Å²) in [4.78, 5) is 37.6. The summed E-state index contributed by atoms with van der Waals surface area (Å²) in [7, 11) is 0. The zero-order chi connectivity index (χ0) is 25.5. The van der Waals surface area contributed by atoms with E-state index in [0.717, 1.165) is 0 Å². The maximum Gasteiger partial charge on any atom is 0.338 e. The number of alkyl halides is 1. The highest BCUT2D eigenvalue weighted by Gasteiger charge is 2.51. The lowest BCUT2D eigenvalue weighted by molar-refractivity contribution is -0.273. The summed E-state index contributed by atoms with van der Waals surface area (Å²) in [5.74, 6) is -2.49. The molecule has 1 fully saturated rings. The minimum atomic E-state index is -2.10. The van der Waals surface area contributed by atoms with Crippen LogP contribution < -0.4 is 0 Å². The summed E-state index contributed by atoms with van der Waals surface area (Å²) in [5, 5.41) is 10.6. The van der Waals surface area contributed by atoms with Crippen LogP contribution in [0.3, 0.4) is 0 Å². The Morgan fingerprint density at radius 3 is 1.58 bits per heavy atom. The lowest BCUT2D eigenvalue weighted by Gasteiger charge is -2.40. The third-order valence-electron chi connectivity index (χ3n) is 5.48. The van der Waals surface area contributed by atoms with Gasteiger partial charge in [0.15, 0.2) is 24.7 Å². The van der Waals surface area contributed by atoms with Gasteiger partial charge in [-0.2, -0.15) is 0 Å². The van der Waals surface area contributed by atoms with E-state index in [-0.39, 0.29) is 16.7 Å². The topological polar surface area (TPSA) is 108 Å². The van der Waals surface area contributed by atoms with Gasteiger partial charge in [0.2, 0.25) is 0 Å². The molecular formula is C27H23FO8. The molecule has 0 spiro atoms. The van der Waals surface area contributed by atoms with Crippen LogP contribution in [0.4, 0.5) is 4.39 Å². The van der Waals surface area contributed by atoms with Crippen molar-refractivity contribution >= 4 is 17.9 Å². The zero-order valence-electron chi connectivity index (χ0n) is 18.9. The van der Waals surface area contributed by atoms with Crippen LogP contribution in [0, 0.1) is 0 Å². The highest BCUT2D eigenvalue weighted by molar-refractivity contribution is 5.90. The molecule has 0 aromatic heterocycles. The number of hydrogen-bond donors (Lipinski definition) is 1. The molecule has 0 aliphatic carbocycles. The molecule has 0 bridgehead atoms. The number of carbonyl (C=O) groups excluding carboxylic acids is 3. The summed E-state index contributed by atoms with van der Waals surface area (Å²) < 4.78 is 36.7. The van der Waals surface area contributed by atoms with Gasteiger partial charge in [-0.25, -0.2) is 18.8 Å². The predicted octanol–water partition coefficient (Wildman–Crippen LogP) is 3.35. The maximum atomic E-state index is 15.6. The molecule has 4 rings (SSSR count). The molecule has 5 atom stereocenters. The minimum Gasteiger partial charge on any atom is -0.459 e. The van der Waals surface area contributed by atoms with Crippen molar-refractivity contribution in [3.8, 4) is 0 Å². The number of ether oxygens (including phenoxy) is 4. The van der Waals surface area contributed by atoms with Crippen LogP contribution in [0.1, 0.15) is 31.1 Å². The van der Waals surface area contributed by atoms with Gasteiger partial charge in [0.05, 0.1) is 16.7 Å². The molecule has 1 unspecified atom stereocenters. The average molecular weight is 494 g/mol. The molecule has 1 saturated heterocycles. The third kappa shape index (κ3) is 5.94. The summed E-state index contributed by atoms with van der Waals surface area (Å²) >= 11 is 0. The first kappa shape index (κ1) is 25.0. The second-order valence-corrected chi connectivity index (χ2v) is 7.95. The van der Waals surface area contributed by atoms with E-state index >= 15 is 4.39 Å². The van der Waals surface area contributed by atoms with Gasteiger partial charge in [-0.1, -0.05) is 54.6 Å². The number of esters is 3. The monoisotopic (exact) mass is 494 g/mol. The molecule has 9 heteroatoms. The zero-order valence-corrected chi connectivity index (χ0v) is 18.9. The Morgan fingerprint density at radius 2 is 1.11 bits per heavy atom. The van der Waals surface area contributed by atoms with Crippen molar-refractivity contribution in [2.24, 2.45) is 0 Å². The Morgan fingerprint density at radius 1 is 0.694 bits per heavy atom. The van der Waals surface area contributed by atoms with Gasteiger partial charge >= 0.3 is 17.9 Å². The second kappa shape index (κ2) is 11.6. The summed E-state index contributed by atoms with van der Waals surface area (Å²) in [6, 6.07) is 23.7. The van der Waals surface area contributed by atoms with E-state index < -0.39 is 55.3 Å². The van der Waals surface area contributed by atoms with E-state index in [1.54, 1.807) is 54.6 Å². The Hall–Kier alpha value is -4.08. The van der Waals surface area contributed by atoms with Crippen LogP contribution >= 0.6 is 0 Å². The molecule has 0 amide bonds. The van der Waals surface area contributed by atoms with E-state index in [1.165, 1.54) is 36.4 Å². The molecule has 1 aliphatic heterocycles. The highest BCUT2D eigenvalue weighted by Crippen LogP contribution is 2.29. The van der Waals surface area contributed by atoms with E-state index in [0.29, 0.717) is 0 Å². The normalized spacial score (nSPS) is 23.3. The van der Waals surface area contributed by atoms with Crippen molar-refractivity contribution in [2.45, 2.75) is 30.8 Å². The van der Waals surface area contributed by atoms with Crippen LogP contribution in [-0.2, 0) is 18.9 Å². The van der Waals surface area contributed by atoms with Gasteiger partial charge in [-0.05, 0) is 36.4 Å². The molecule has 3 aromatic carbocycles. The molecule has 3 aromatic rings. The first-order valence-corrected chi connectivity index (χ1v) is 11.2. The number of aliphatic hydroxyl groups is 1. The first-order chi connectivity index (χ1) is 17.4. The Kier molecular flexibility index (Phi) is 8.04. The summed E-state index contributed by atoms with van der Waals surface area (Å²) in [6.07, 6.45) is -8.87. The van der Waals surface area contributed by atoms with Crippen LogP contribution in [0.25, 0.3) is 0 Å². The Labute approximate surface area is 206 Å². The molecule has 186 valence electrons. The van der Waals surface area contributed by atoms with Gasteiger partial charge < -0.3 is 24.1 Å². The van der Waals surface area contributed by atoms with Crippen molar-refractivity contribution in [3.05, 3.63) is 108 Å². The quantitative estimate of drug-likeness (QED) is 0.394. The van der Waals surface area contributed by atoms with Gasteiger partial charge in [0, 0.05) is 0 Å². The second-order valence-electron chi connectivity index (χ2n) is 7.95. The number of aliphatic hydroxyl groups excluding tert-OH is 1. The molecule has 1 N–H and O–H groups in total. The van der Waals surface area contributed by atoms with Crippen molar-refractivity contribution < 1.29 is 42.8 Å². The molecular weight excluding hydrogens is 471 g/mol. The van der Waals surface area contributed by atoms with Crippen LogP contribution in [0.2, 0.25) is 0 Å². The van der Waals surface area contributed by atoms with Crippen LogP contribution in [-0.4, -0.2) is 60.4 Å². The van der Waals surface area contributed by atoms with E-state index in [1.807, 2.05) is 0 Å². The molecule has 1 aliphatic rings. The number of benzene rings is 3. The average Bonchev–Trinajstić information content (AvgIpc) is 2.92. The van der Waals surface area contributed by atoms with Crippen molar-refractivity contribution in [3.63, 3.8) is 0 Å². The molecule has 36 heavy (non-hydrogen) atoms. The van der Waals surface area contributed by atoms with Crippen molar-refractivity contribution in [2.75, 3.05) is 6.61 Å². The standard InChI is InChI=1S/C27H23FO8/c28-21-20(16-33-24(29)17-10-4-1-5-11-17)34-27(32)23(36-26(31)19-14-8-3-9-15-19)22(21)35-25(30)18-12-6-2-7-13-18/h1-15,20-23,27,32H,16H2/t20-,21-,22?,23-,27+/m1/s1. The molecule has 8 nitrogen and oxygen atoms in total. The summed E-state index contributed by atoms with van der Waals surface area (Å²) in [6.45, 7) is -0.579. The largest absolute Gasteiger partial charge is 0.459 e. The number of carbonyl (C=O) groups is 3. The predicted molar refractivity (Wildman–Crippen MR) is 124 cm³/mol. The van der Waals surface area contributed by atoms with Crippen LogP contribution in [0.15, 0.2) is 91.0 Å². The maximum absolute atomic E-state index is 15.6. The lowest BCUT2D eigenvalue weighted by Crippen LogP contribution is -2.60. The Balaban J connectivity index is 1.52. The van der Waals surface area contributed by atoms with Gasteiger partial charge in [-0.3, -0.25) is 0 Å².